The number of nitrogens with one attached hydrogen (secondary N) is 1. The monoisotopic (exact) mass is 332 g/mol. The maximum absolute atomic E-state index is 12.4. The first-order chi connectivity index (χ1) is 11.4. The third-order valence-electron chi connectivity index (χ3n) is 4.42. The molecule has 1 heterocycles. The molecule has 0 bridgehead atoms. The molecule has 2 amide bonds. The molecule has 1 saturated heterocycles. The molecule has 130 valence electrons. The summed E-state index contributed by atoms with van der Waals surface area (Å²) in [4.78, 5) is 37.7. The highest BCUT2D eigenvalue weighted by Gasteiger charge is 2.39. The minimum atomic E-state index is -1.29. The predicted octanol–water partition coefficient (Wildman–Crippen LogP) is 1.79. The van der Waals surface area contributed by atoms with Gasteiger partial charge in [-0.15, -0.1) is 0 Å². The van der Waals surface area contributed by atoms with Crippen LogP contribution in [0.3, 0.4) is 0 Å². The molecule has 0 spiro atoms. The van der Waals surface area contributed by atoms with Gasteiger partial charge in [0.1, 0.15) is 5.54 Å². The highest BCUT2D eigenvalue weighted by molar-refractivity contribution is 5.92. The van der Waals surface area contributed by atoms with Crippen molar-refractivity contribution in [1.82, 2.24) is 10.2 Å². The summed E-state index contributed by atoms with van der Waals surface area (Å²) >= 11 is 0. The van der Waals surface area contributed by atoms with Crippen LogP contribution < -0.4 is 5.32 Å². The summed E-state index contributed by atoms with van der Waals surface area (Å²) in [5.74, 6) is -2.00. The van der Waals surface area contributed by atoms with Crippen LogP contribution in [-0.4, -0.2) is 39.9 Å². The summed E-state index contributed by atoms with van der Waals surface area (Å²) in [5.41, 5.74) is -0.282. The number of aliphatic carboxylic acids is 1. The van der Waals surface area contributed by atoms with Crippen LogP contribution in [0.25, 0.3) is 0 Å². The molecule has 24 heavy (non-hydrogen) atoms. The summed E-state index contributed by atoms with van der Waals surface area (Å²) < 4.78 is 0. The van der Waals surface area contributed by atoms with E-state index in [9.17, 15) is 19.5 Å². The number of rotatable bonds is 7. The van der Waals surface area contributed by atoms with Crippen LogP contribution in [0.4, 0.5) is 0 Å². The fourth-order valence-corrected chi connectivity index (χ4v) is 3.00. The Morgan fingerprint density at radius 3 is 2.58 bits per heavy atom. The first kappa shape index (κ1) is 18.0. The highest BCUT2D eigenvalue weighted by Crippen LogP contribution is 2.22. The van der Waals surface area contributed by atoms with E-state index in [0.29, 0.717) is 25.9 Å². The predicted molar refractivity (Wildman–Crippen MR) is 89.1 cm³/mol. The summed E-state index contributed by atoms with van der Waals surface area (Å²) in [7, 11) is 0. The minimum Gasteiger partial charge on any atom is -0.480 e. The molecule has 0 radical (unpaired) electrons. The number of carbonyl (C=O) groups is 3. The molecule has 6 nitrogen and oxygen atoms in total. The lowest BCUT2D eigenvalue weighted by Crippen LogP contribution is -2.54. The number of likely N-dealkylation sites (tertiary alicyclic amines) is 1. The van der Waals surface area contributed by atoms with Crippen molar-refractivity contribution in [3.8, 4) is 0 Å². The molecule has 0 aliphatic carbocycles. The lowest BCUT2D eigenvalue weighted by atomic mass is 9.95. The van der Waals surface area contributed by atoms with E-state index in [1.165, 1.54) is 6.92 Å². The van der Waals surface area contributed by atoms with Gasteiger partial charge < -0.3 is 15.3 Å². The number of carbonyl (C=O) groups excluding carboxylic acids is 2. The zero-order chi connectivity index (χ0) is 17.7. The van der Waals surface area contributed by atoms with Gasteiger partial charge in [0.15, 0.2) is 0 Å². The average Bonchev–Trinajstić information content (AvgIpc) is 2.89. The van der Waals surface area contributed by atoms with E-state index in [1.807, 2.05) is 37.3 Å². The summed E-state index contributed by atoms with van der Waals surface area (Å²) in [6.07, 6.45) is 1.12. The van der Waals surface area contributed by atoms with Crippen molar-refractivity contribution in [1.29, 1.82) is 0 Å². The first-order valence-corrected chi connectivity index (χ1v) is 8.23. The number of benzene rings is 1. The van der Waals surface area contributed by atoms with Gasteiger partial charge in [0.25, 0.3) is 0 Å². The van der Waals surface area contributed by atoms with Crippen LogP contribution in [0, 0.1) is 5.92 Å². The number of carboxylic acid groups (broad SMARTS) is 1. The fourth-order valence-electron chi connectivity index (χ4n) is 3.00. The number of hydrogen-bond donors (Lipinski definition) is 2. The Labute approximate surface area is 141 Å². The molecule has 1 aromatic carbocycles. The molecule has 6 heteroatoms. The molecular formula is C18H24N2O4. The van der Waals surface area contributed by atoms with Crippen LogP contribution in [0.2, 0.25) is 0 Å². The standard InChI is InChI=1S/C18H24N2O4/c1-3-9-18(2,17(23)24)19-16(22)14-10-15(21)20(12-14)11-13-7-5-4-6-8-13/h4-8,14H,3,9-12H2,1-2H3,(H,19,22)(H,23,24). The van der Waals surface area contributed by atoms with Crippen molar-refractivity contribution in [3.05, 3.63) is 35.9 Å². The molecule has 1 aliphatic heterocycles. The molecule has 1 fully saturated rings. The maximum Gasteiger partial charge on any atom is 0.329 e. The summed E-state index contributed by atoms with van der Waals surface area (Å²) in [6, 6.07) is 9.59. The van der Waals surface area contributed by atoms with Gasteiger partial charge in [-0.05, 0) is 18.9 Å². The maximum atomic E-state index is 12.4. The van der Waals surface area contributed by atoms with Gasteiger partial charge in [0.2, 0.25) is 11.8 Å². The van der Waals surface area contributed by atoms with Gasteiger partial charge >= 0.3 is 5.97 Å². The van der Waals surface area contributed by atoms with Gasteiger partial charge in [-0.2, -0.15) is 0 Å². The van der Waals surface area contributed by atoms with Crippen molar-refractivity contribution in [2.75, 3.05) is 6.54 Å². The Morgan fingerprint density at radius 2 is 2.00 bits per heavy atom. The molecular weight excluding hydrogens is 308 g/mol. The van der Waals surface area contributed by atoms with E-state index in [-0.39, 0.29) is 18.2 Å². The van der Waals surface area contributed by atoms with E-state index >= 15 is 0 Å². The molecule has 2 N–H and O–H groups in total. The number of amides is 2. The van der Waals surface area contributed by atoms with Crippen molar-refractivity contribution in [2.45, 2.75) is 45.2 Å². The van der Waals surface area contributed by atoms with Gasteiger partial charge in [0, 0.05) is 19.5 Å². The molecule has 0 aromatic heterocycles. The van der Waals surface area contributed by atoms with Crippen LogP contribution in [0.1, 0.15) is 38.7 Å². The van der Waals surface area contributed by atoms with Gasteiger partial charge in [-0.3, -0.25) is 9.59 Å². The lowest BCUT2D eigenvalue weighted by molar-refractivity contribution is -0.147. The van der Waals surface area contributed by atoms with E-state index in [2.05, 4.69) is 5.32 Å². The zero-order valence-corrected chi connectivity index (χ0v) is 14.1. The quantitative estimate of drug-likeness (QED) is 0.797. The Kier molecular flexibility index (Phi) is 5.59. The third-order valence-corrected chi connectivity index (χ3v) is 4.42. The first-order valence-electron chi connectivity index (χ1n) is 8.23. The highest BCUT2D eigenvalue weighted by atomic mass is 16.4. The lowest BCUT2D eigenvalue weighted by Gasteiger charge is -2.27. The van der Waals surface area contributed by atoms with Gasteiger partial charge in [-0.25, -0.2) is 4.79 Å². The minimum absolute atomic E-state index is 0.0773. The van der Waals surface area contributed by atoms with E-state index in [0.717, 1.165) is 5.56 Å². The third kappa shape index (κ3) is 4.13. The van der Waals surface area contributed by atoms with E-state index in [4.69, 9.17) is 0 Å². The average molecular weight is 332 g/mol. The van der Waals surface area contributed by atoms with Gasteiger partial charge in [-0.1, -0.05) is 43.7 Å². The number of nitrogens with zero attached hydrogens (tertiary/aromatic N) is 1. The number of hydrogen-bond acceptors (Lipinski definition) is 3. The Morgan fingerprint density at radius 1 is 1.33 bits per heavy atom. The second kappa shape index (κ2) is 7.47. The second-order valence-corrected chi connectivity index (χ2v) is 6.54. The van der Waals surface area contributed by atoms with Crippen molar-refractivity contribution < 1.29 is 19.5 Å². The van der Waals surface area contributed by atoms with Crippen molar-refractivity contribution >= 4 is 17.8 Å². The van der Waals surface area contributed by atoms with E-state index in [1.54, 1.807) is 4.90 Å². The van der Waals surface area contributed by atoms with E-state index < -0.39 is 17.4 Å². The summed E-state index contributed by atoms with van der Waals surface area (Å²) in [5, 5.41) is 12.0. The van der Waals surface area contributed by atoms with Crippen LogP contribution >= 0.6 is 0 Å². The zero-order valence-electron chi connectivity index (χ0n) is 14.1. The Balaban J connectivity index is 1.99. The van der Waals surface area contributed by atoms with Crippen LogP contribution in [-0.2, 0) is 20.9 Å². The molecule has 1 aliphatic rings. The molecule has 2 atom stereocenters. The number of carboxylic acids is 1. The normalized spacial score (nSPS) is 19.8. The molecule has 0 saturated carbocycles. The SMILES string of the molecule is CCCC(C)(NC(=O)C1CC(=O)N(Cc2ccccc2)C1)C(=O)O. The fraction of sp³-hybridized carbons (Fsp3) is 0.500. The van der Waals surface area contributed by atoms with Crippen molar-refractivity contribution in [3.63, 3.8) is 0 Å². The van der Waals surface area contributed by atoms with Crippen LogP contribution in [0.5, 0.6) is 0 Å². The summed E-state index contributed by atoms with van der Waals surface area (Å²) in [6.45, 7) is 4.17. The second-order valence-electron chi connectivity index (χ2n) is 6.54. The molecule has 1 aromatic rings. The van der Waals surface area contributed by atoms with Crippen molar-refractivity contribution in [2.24, 2.45) is 5.92 Å². The molecule has 2 rings (SSSR count). The topological polar surface area (TPSA) is 86.7 Å². The molecule has 2 unspecified atom stereocenters. The smallest absolute Gasteiger partial charge is 0.329 e. The van der Waals surface area contributed by atoms with Gasteiger partial charge in [0.05, 0.1) is 5.92 Å². The largest absolute Gasteiger partial charge is 0.480 e. The Hall–Kier alpha value is -2.37. The Bertz CT molecular complexity index is 617. The van der Waals surface area contributed by atoms with Crippen LogP contribution in [0.15, 0.2) is 30.3 Å².